The second kappa shape index (κ2) is 35.9. The minimum absolute atomic E-state index is 0.106. The van der Waals surface area contributed by atoms with Crippen LogP contribution in [0.1, 0.15) is 59.2 Å². The van der Waals surface area contributed by atoms with E-state index in [0.29, 0.717) is 130 Å². The zero-order chi connectivity index (χ0) is 100. The molecule has 27 rings (SSSR count). The van der Waals surface area contributed by atoms with Crippen LogP contribution in [0.5, 0.6) is 11.5 Å². The summed E-state index contributed by atoms with van der Waals surface area (Å²) in [5, 5.41) is 37.6. The molecule has 32 nitrogen and oxygen atoms in total. The standard InChI is InChI=1S/C29H28FN7O.C28H25F2N7O.C27H26F2N8.C24H24FN7O/c1-16-7-8-17-18(9-10-23(38-2)25(17)33-16)26-27-28(36-35-26)34-24(13-32-27)37-12-11-19-21(14-37)29(19,15-31)20-5-3-4-6-22(20)30;1-38-22-7-5-17(16-3-2-9-32-24(16)22)25-26-27(36-35-25)34-23(12-33-26)37-10-8-18-20(13-37)28(18,14-31)19-6-4-15(29)11-21(19)30;1-14-16(4-6-22-17(14)11-36(2)35-22)24-25-26(34-33-24)32-23(10-31-25)37-8-7-18-20(12-37)27(18,13-30)19-5-3-15(28)9-21(19)29;1-31-18(7-4-8-20(31)33)21-22-23(30-29-21)28-19(11-27-22)32-10-9-14-16(12-32)24(14,13-26)15-5-2-3-6-17(15)25/h3-10,13,19,21H,11-12,14-15,31H2,1-2H3,(H,34,35,36);2-7,9,11-12,18,20H,8,10,13-14,31H2,1H3,(H,34,35,36);3-6,9-11,18,20H,7-8,12-13,30H2,1-2H3,(H,32,33,34);2-8,11,14,16H,9-10,12-13,26H2,1H3,(H,28,29,30)/t19-,21+,29-;18-,20+,28-;18-,20+,27-;14-,16+,24-/m1111/s1. The molecule has 0 radical (unpaired) electrons. The second-order valence-electron chi connectivity index (χ2n) is 39.6. The average Bonchev–Trinajstić information content (AvgIpc) is 1.53. The van der Waals surface area contributed by atoms with Gasteiger partial charge < -0.3 is 56.6 Å². The second-order valence-corrected chi connectivity index (χ2v) is 39.6. The summed E-state index contributed by atoms with van der Waals surface area (Å²) in [5.41, 5.74) is 41.6. The molecule has 38 heteroatoms. The third kappa shape index (κ3) is 14.9. The number of fused-ring (bicyclic) bond motifs is 11. The lowest BCUT2D eigenvalue weighted by atomic mass is 9.90. The molecule has 146 heavy (non-hydrogen) atoms. The number of H-pyrrole nitrogens is 4. The van der Waals surface area contributed by atoms with Gasteiger partial charge in [-0.3, -0.25) is 34.9 Å². The number of halogens is 6. The van der Waals surface area contributed by atoms with E-state index in [4.69, 9.17) is 72.3 Å². The number of nitrogens with two attached hydrogens (primary N) is 4. The molecular formula is C108H103F6N29O3. The molecule has 0 spiro atoms. The highest BCUT2D eigenvalue weighted by Crippen LogP contribution is 2.67. The Morgan fingerprint density at radius 3 is 1.21 bits per heavy atom. The lowest BCUT2D eigenvalue weighted by Crippen LogP contribution is -2.32. The van der Waals surface area contributed by atoms with Crippen molar-refractivity contribution < 1.29 is 35.8 Å². The quantitative estimate of drug-likeness (QED) is 0.0370. The highest BCUT2D eigenvalue weighted by Gasteiger charge is 2.70. The number of nitrogens with zero attached hydrogens (tertiary/aromatic N) is 21. The molecule has 0 unspecified atom stereocenters. The Kier molecular flexibility index (Phi) is 22.8. The molecule has 4 saturated carbocycles. The van der Waals surface area contributed by atoms with E-state index < -0.39 is 34.1 Å². The Morgan fingerprint density at radius 2 is 0.781 bits per heavy atom. The summed E-state index contributed by atoms with van der Waals surface area (Å²) in [7, 11) is 6.90. The summed E-state index contributed by atoms with van der Waals surface area (Å²) < 4.78 is 100. The summed E-state index contributed by atoms with van der Waals surface area (Å²) in [5.74, 6) is 4.03. The monoisotopic (exact) mass is 1970 g/mol. The number of hydrogen-bond acceptors (Lipinski definition) is 26. The van der Waals surface area contributed by atoms with Crippen LogP contribution >= 0.6 is 0 Å². The first-order valence-electron chi connectivity index (χ1n) is 49.1. The summed E-state index contributed by atoms with van der Waals surface area (Å²) >= 11 is 0. The molecule has 8 aliphatic rings. The number of aromatic nitrogens is 21. The van der Waals surface area contributed by atoms with Crippen LogP contribution in [0.3, 0.4) is 0 Å². The summed E-state index contributed by atoms with van der Waals surface area (Å²) in [6, 6.07) is 46.5. The van der Waals surface area contributed by atoms with Gasteiger partial charge in [0.25, 0.3) is 5.56 Å². The van der Waals surface area contributed by atoms with E-state index in [1.165, 1.54) is 30.3 Å². The first kappa shape index (κ1) is 92.6. The fourth-order valence-corrected chi connectivity index (χ4v) is 25.5. The highest BCUT2D eigenvalue weighted by atomic mass is 19.2. The Labute approximate surface area is 831 Å². The van der Waals surface area contributed by atoms with Crippen molar-refractivity contribution in [2.45, 2.75) is 61.2 Å². The maximum absolute atomic E-state index is 14.7. The predicted octanol–water partition coefficient (Wildman–Crippen LogP) is 14.6. The van der Waals surface area contributed by atoms with Gasteiger partial charge in [-0.25, -0.2) is 71.2 Å². The lowest BCUT2D eigenvalue weighted by Gasteiger charge is -2.26. The molecule has 19 aromatic rings. The average molecular weight is 1970 g/mol. The van der Waals surface area contributed by atoms with Crippen LogP contribution in [0, 0.1) is 96.1 Å². The molecule has 8 fully saturated rings. The third-order valence-electron chi connectivity index (χ3n) is 33.0. The van der Waals surface area contributed by atoms with Gasteiger partial charge in [0, 0.05) is 183 Å². The van der Waals surface area contributed by atoms with E-state index in [1.54, 1.807) is 81.0 Å². The van der Waals surface area contributed by atoms with E-state index in [1.807, 2.05) is 122 Å². The number of piperidine rings is 4. The molecule has 4 saturated heterocycles. The van der Waals surface area contributed by atoms with Crippen molar-refractivity contribution in [3.05, 3.63) is 280 Å². The number of nitrogens with one attached hydrogen (secondary N) is 4. The number of pyridine rings is 3. The predicted molar refractivity (Wildman–Crippen MR) is 545 cm³/mol. The molecule has 16 heterocycles. The normalized spacial score (nSPS) is 23.1. The number of aromatic amines is 4. The van der Waals surface area contributed by atoms with Gasteiger partial charge in [0.15, 0.2) is 0 Å². The van der Waals surface area contributed by atoms with Gasteiger partial charge in [-0.1, -0.05) is 72.8 Å². The van der Waals surface area contributed by atoms with Crippen LogP contribution in [0.4, 0.5) is 49.6 Å². The van der Waals surface area contributed by atoms with Gasteiger partial charge in [0.1, 0.15) is 108 Å². The van der Waals surface area contributed by atoms with Crippen molar-refractivity contribution in [3.63, 3.8) is 0 Å². The topological polar surface area (TPSA) is 419 Å². The minimum Gasteiger partial charge on any atom is -0.494 e. The Bertz CT molecular complexity index is 8460. The smallest absolute Gasteiger partial charge is 0.250 e. The van der Waals surface area contributed by atoms with E-state index in [0.717, 1.165) is 189 Å². The first-order chi connectivity index (χ1) is 71.0. The minimum atomic E-state index is -0.579. The largest absolute Gasteiger partial charge is 0.494 e. The highest BCUT2D eigenvalue weighted by molar-refractivity contribution is 6.04. The number of methoxy groups -OCH3 is 2. The van der Waals surface area contributed by atoms with E-state index >= 15 is 0 Å². The van der Waals surface area contributed by atoms with Crippen molar-refractivity contribution >= 4 is 101 Å². The van der Waals surface area contributed by atoms with Crippen LogP contribution in [-0.4, -0.2) is 198 Å². The van der Waals surface area contributed by atoms with Gasteiger partial charge in [-0.05, 0) is 187 Å². The molecule has 4 aliphatic heterocycles. The molecule has 0 bridgehead atoms. The third-order valence-corrected chi connectivity index (χ3v) is 33.0. The molecular weight excluding hydrogens is 1870 g/mol. The maximum atomic E-state index is 14.7. The van der Waals surface area contributed by atoms with Gasteiger partial charge >= 0.3 is 0 Å². The Balaban J connectivity index is 0.000000104. The number of aryl methyl sites for hydroxylation is 3. The summed E-state index contributed by atoms with van der Waals surface area (Å²) in [4.78, 5) is 68.1. The Morgan fingerprint density at radius 1 is 0.384 bits per heavy atom. The molecule has 0 amide bonds. The molecule has 4 aliphatic carbocycles. The van der Waals surface area contributed by atoms with Crippen LogP contribution in [0.25, 0.3) is 123 Å². The number of benzene rings is 7. The van der Waals surface area contributed by atoms with Crippen molar-refractivity contribution in [1.82, 2.24) is 105 Å². The van der Waals surface area contributed by atoms with Crippen LogP contribution in [-0.2, 0) is 35.8 Å². The molecule has 12 aromatic heterocycles. The van der Waals surface area contributed by atoms with Crippen molar-refractivity contribution in [1.29, 1.82) is 0 Å². The lowest BCUT2D eigenvalue weighted by molar-refractivity contribution is 0.419. The van der Waals surface area contributed by atoms with Gasteiger partial charge in [-0.15, -0.1) is 0 Å². The van der Waals surface area contributed by atoms with Crippen molar-refractivity contribution in [2.24, 2.45) is 84.4 Å². The van der Waals surface area contributed by atoms with E-state index in [-0.39, 0.29) is 63.5 Å². The van der Waals surface area contributed by atoms with Crippen molar-refractivity contribution in [3.8, 4) is 56.7 Å². The molecule has 12 atom stereocenters. The van der Waals surface area contributed by atoms with E-state index in [2.05, 4.69) is 82.4 Å². The fourth-order valence-electron chi connectivity index (χ4n) is 25.5. The molecule has 7 aromatic carbocycles. The fraction of sp³-hybridized carbons (Fsp3) is 0.315. The summed E-state index contributed by atoms with van der Waals surface area (Å²) in [6.45, 7) is 11.6. The van der Waals surface area contributed by atoms with Crippen LogP contribution in [0.15, 0.2) is 206 Å². The van der Waals surface area contributed by atoms with Gasteiger partial charge in [0.2, 0.25) is 22.6 Å². The van der Waals surface area contributed by atoms with Crippen LogP contribution < -0.4 is 57.6 Å². The van der Waals surface area contributed by atoms with Gasteiger partial charge in [0.05, 0.1) is 67.3 Å². The molecule has 740 valence electrons. The summed E-state index contributed by atoms with van der Waals surface area (Å²) in [6.07, 6.45) is 14.4. The first-order valence-corrected chi connectivity index (χ1v) is 49.1. The van der Waals surface area contributed by atoms with Gasteiger partial charge in [-0.2, -0.15) is 25.5 Å². The zero-order valence-corrected chi connectivity index (χ0v) is 80.7. The van der Waals surface area contributed by atoms with E-state index in [9.17, 15) is 31.1 Å². The molecule has 12 N–H and O–H groups in total. The maximum Gasteiger partial charge on any atom is 0.250 e. The number of rotatable bonds is 18. The number of hydrogen-bond donors (Lipinski definition) is 8. The number of anilines is 4. The zero-order valence-electron chi connectivity index (χ0n) is 80.7. The van der Waals surface area contributed by atoms with Crippen LogP contribution in [0.2, 0.25) is 0 Å². The van der Waals surface area contributed by atoms with Crippen molar-refractivity contribution in [2.75, 3.05) is 112 Å². The SMILES string of the molecule is COc1ccc(-c2[nH]nc3nc(N4CC[C@@H]5[C@H](C4)[C@@]5(CN)c4ccc(F)cc4F)cnc23)c2cccnc12.COc1ccc(-c2[nH]nc3nc(N4CC[C@@H]5[C@H](C4)[C@@]5(CN)c4ccccc4F)cnc23)c2ccc(C)nc12.Cc1c(-c2[nH]nc3nc(N4CC[C@@H]5[C@H](C4)[C@@]5(CN)c4ccc(F)cc4F)cnc23)ccc2nn(C)cc12.Cn1c(-c2[nH]nc3nc(N4CC[C@@H]5[C@H](C4)[C@@]5(CN)c4ccccc4F)cnc23)cccc1=O. The Hall–Kier alpha value is -15.8. The number of ether oxygens (including phenoxy) is 2.